The molecular weight excluding hydrogens is 192 g/mol. The molecule has 0 spiro atoms. The van der Waals surface area contributed by atoms with Gasteiger partial charge in [-0.1, -0.05) is 0 Å². The molecule has 0 aromatic rings. The maximum atomic E-state index is 5.63. The molecule has 2 N–H and O–H groups in total. The summed E-state index contributed by atoms with van der Waals surface area (Å²) in [7, 11) is 1.72. The lowest BCUT2D eigenvalue weighted by molar-refractivity contribution is 0.0878. The van der Waals surface area contributed by atoms with Gasteiger partial charge in [0, 0.05) is 33.4 Å². The molecule has 1 atom stereocenters. The highest BCUT2D eigenvalue weighted by Gasteiger charge is 2.20. The largest absolute Gasteiger partial charge is 0.385 e. The van der Waals surface area contributed by atoms with Gasteiger partial charge in [0.05, 0.1) is 6.61 Å². The van der Waals surface area contributed by atoms with Gasteiger partial charge in [-0.2, -0.15) is 0 Å². The average Bonchev–Trinajstić information content (AvgIpc) is 2.71. The molecular formula is C11H24N2O2. The maximum Gasteiger partial charge on any atom is 0.0593 e. The third-order valence-electron chi connectivity index (χ3n) is 2.89. The molecule has 0 amide bonds. The Bertz CT molecular complexity index is 156. The van der Waals surface area contributed by atoms with Crippen LogP contribution in [0.1, 0.15) is 12.8 Å². The third-order valence-corrected chi connectivity index (χ3v) is 2.89. The van der Waals surface area contributed by atoms with Gasteiger partial charge < -0.3 is 20.1 Å². The first-order valence-electron chi connectivity index (χ1n) is 5.86. The fraction of sp³-hybridized carbons (Fsp3) is 1.00. The van der Waals surface area contributed by atoms with Crippen LogP contribution in [0.2, 0.25) is 0 Å². The van der Waals surface area contributed by atoms with Gasteiger partial charge in [-0.15, -0.1) is 0 Å². The second kappa shape index (κ2) is 8.05. The second-order valence-corrected chi connectivity index (χ2v) is 4.15. The first-order valence-corrected chi connectivity index (χ1v) is 5.86. The van der Waals surface area contributed by atoms with Crippen LogP contribution in [-0.2, 0) is 9.47 Å². The van der Waals surface area contributed by atoms with Crippen LogP contribution in [-0.4, -0.2) is 58.0 Å². The predicted octanol–water partition coefficient (Wildman–Crippen LogP) is 0.320. The number of ether oxygens (including phenoxy) is 2. The maximum absolute atomic E-state index is 5.63. The molecule has 4 heteroatoms. The molecule has 1 heterocycles. The highest BCUT2D eigenvalue weighted by molar-refractivity contribution is 4.75. The third kappa shape index (κ3) is 5.47. The Morgan fingerprint density at radius 3 is 2.87 bits per heavy atom. The molecule has 90 valence electrons. The molecule has 0 aromatic heterocycles. The summed E-state index contributed by atoms with van der Waals surface area (Å²) in [6.45, 7) is 6.64. The van der Waals surface area contributed by atoms with Crippen LogP contribution in [0.4, 0.5) is 0 Å². The normalized spacial score (nSPS) is 22.4. The highest BCUT2D eigenvalue weighted by Crippen LogP contribution is 2.13. The van der Waals surface area contributed by atoms with Gasteiger partial charge in [-0.05, 0) is 31.8 Å². The molecule has 0 radical (unpaired) electrons. The molecule has 1 aliphatic heterocycles. The second-order valence-electron chi connectivity index (χ2n) is 4.15. The van der Waals surface area contributed by atoms with Crippen molar-refractivity contribution in [1.29, 1.82) is 0 Å². The Kier molecular flexibility index (Phi) is 6.92. The van der Waals surface area contributed by atoms with Gasteiger partial charge in [-0.25, -0.2) is 0 Å². The molecule has 0 aliphatic carbocycles. The number of rotatable bonds is 8. The van der Waals surface area contributed by atoms with E-state index in [1.165, 1.54) is 13.0 Å². The number of hydrogen-bond donors (Lipinski definition) is 1. The topological polar surface area (TPSA) is 47.7 Å². The molecule has 15 heavy (non-hydrogen) atoms. The molecule has 1 unspecified atom stereocenters. The number of likely N-dealkylation sites (tertiary alicyclic amines) is 1. The number of hydrogen-bond acceptors (Lipinski definition) is 4. The lowest BCUT2D eigenvalue weighted by Crippen LogP contribution is -2.27. The Morgan fingerprint density at radius 1 is 1.33 bits per heavy atom. The van der Waals surface area contributed by atoms with Crippen molar-refractivity contribution in [2.75, 3.05) is 53.1 Å². The molecule has 1 rings (SSSR count). The first-order chi connectivity index (χ1) is 7.36. The molecule has 4 nitrogen and oxygen atoms in total. The van der Waals surface area contributed by atoms with Crippen LogP contribution in [0.25, 0.3) is 0 Å². The van der Waals surface area contributed by atoms with Crippen molar-refractivity contribution in [3.63, 3.8) is 0 Å². The van der Waals surface area contributed by atoms with E-state index in [0.717, 1.165) is 45.9 Å². The van der Waals surface area contributed by atoms with E-state index in [4.69, 9.17) is 15.2 Å². The minimum atomic E-state index is 0.707. The first kappa shape index (κ1) is 12.9. The highest BCUT2D eigenvalue weighted by atomic mass is 16.5. The molecule has 0 aromatic carbocycles. The SMILES string of the molecule is COCCCOCCN1CCC(CN)C1. The van der Waals surface area contributed by atoms with Crippen LogP contribution in [0.5, 0.6) is 0 Å². The number of nitrogens with two attached hydrogens (primary N) is 1. The van der Waals surface area contributed by atoms with Crippen LogP contribution in [0.3, 0.4) is 0 Å². The summed E-state index contributed by atoms with van der Waals surface area (Å²) in [5.41, 5.74) is 5.63. The Morgan fingerprint density at radius 2 is 2.20 bits per heavy atom. The minimum absolute atomic E-state index is 0.707. The Balaban J connectivity index is 1.88. The summed E-state index contributed by atoms with van der Waals surface area (Å²) < 4.78 is 10.5. The lowest BCUT2D eigenvalue weighted by Gasteiger charge is -2.15. The zero-order valence-corrected chi connectivity index (χ0v) is 9.78. The molecule has 1 fully saturated rings. The quantitative estimate of drug-likeness (QED) is 0.594. The minimum Gasteiger partial charge on any atom is -0.385 e. The van der Waals surface area contributed by atoms with Crippen molar-refractivity contribution in [2.24, 2.45) is 11.7 Å². The van der Waals surface area contributed by atoms with E-state index in [1.807, 2.05) is 0 Å². The summed E-state index contributed by atoms with van der Waals surface area (Å²) in [6.07, 6.45) is 2.24. The van der Waals surface area contributed by atoms with Crippen molar-refractivity contribution >= 4 is 0 Å². The van der Waals surface area contributed by atoms with E-state index in [9.17, 15) is 0 Å². The Labute approximate surface area is 92.7 Å². The standard InChI is InChI=1S/C11H24N2O2/c1-14-6-2-7-15-8-5-13-4-3-11(9-12)10-13/h11H,2-10,12H2,1H3. The van der Waals surface area contributed by atoms with E-state index in [1.54, 1.807) is 7.11 Å². The summed E-state index contributed by atoms with van der Waals surface area (Å²) in [6, 6.07) is 0. The van der Waals surface area contributed by atoms with Crippen molar-refractivity contribution in [3.05, 3.63) is 0 Å². The van der Waals surface area contributed by atoms with Gasteiger partial charge in [-0.3, -0.25) is 0 Å². The van der Waals surface area contributed by atoms with Gasteiger partial charge >= 0.3 is 0 Å². The Hall–Kier alpha value is -0.160. The van der Waals surface area contributed by atoms with Gasteiger partial charge in [0.2, 0.25) is 0 Å². The summed E-state index contributed by atoms with van der Waals surface area (Å²) in [4.78, 5) is 2.44. The van der Waals surface area contributed by atoms with Crippen LogP contribution in [0, 0.1) is 5.92 Å². The predicted molar refractivity (Wildman–Crippen MR) is 60.9 cm³/mol. The fourth-order valence-corrected chi connectivity index (χ4v) is 1.91. The van der Waals surface area contributed by atoms with Crippen molar-refractivity contribution in [2.45, 2.75) is 12.8 Å². The average molecular weight is 216 g/mol. The zero-order chi connectivity index (χ0) is 10.9. The van der Waals surface area contributed by atoms with Crippen molar-refractivity contribution in [1.82, 2.24) is 4.90 Å². The summed E-state index contributed by atoms with van der Waals surface area (Å²) in [5, 5.41) is 0. The van der Waals surface area contributed by atoms with Crippen LogP contribution < -0.4 is 5.73 Å². The van der Waals surface area contributed by atoms with Gasteiger partial charge in [0.15, 0.2) is 0 Å². The zero-order valence-electron chi connectivity index (χ0n) is 9.78. The summed E-state index contributed by atoms with van der Waals surface area (Å²) in [5.74, 6) is 0.707. The molecule has 1 saturated heterocycles. The monoisotopic (exact) mass is 216 g/mol. The van der Waals surface area contributed by atoms with E-state index in [2.05, 4.69) is 4.90 Å². The number of nitrogens with zero attached hydrogens (tertiary/aromatic N) is 1. The fourth-order valence-electron chi connectivity index (χ4n) is 1.91. The van der Waals surface area contributed by atoms with E-state index < -0.39 is 0 Å². The van der Waals surface area contributed by atoms with Crippen LogP contribution >= 0.6 is 0 Å². The van der Waals surface area contributed by atoms with E-state index in [0.29, 0.717) is 5.92 Å². The number of methoxy groups -OCH3 is 1. The van der Waals surface area contributed by atoms with E-state index >= 15 is 0 Å². The van der Waals surface area contributed by atoms with Gasteiger partial charge in [0.1, 0.15) is 0 Å². The smallest absolute Gasteiger partial charge is 0.0593 e. The van der Waals surface area contributed by atoms with E-state index in [-0.39, 0.29) is 0 Å². The van der Waals surface area contributed by atoms with Crippen LogP contribution in [0.15, 0.2) is 0 Å². The van der Waals surface area contributed by atoms with Gasteiger partial charge in [0.25, 0.3) is 0 Å². The summed E-state index contributed by atoms with van der Waals surface area (Å²) >= 11 is 0. The van der Waals surface area contributed by atoms with Crippen molar-refractivity contribution in [3.8, 4) is 0 Å². The molecule has 1 aliphatic rings. The van der Waals surface area contributed by atoms with Crippen molar-refractivity contribution < 1.29 is 9.47 Å². The molecule has 0 bridgehead atoms. The molecule has 0 saturated carbocycles. The lowest BCUT2D eigenvalue weighted by atomic mass is 10.1.